The zero-order chi connectivity index (χ0) is 15.6. The molecule has 0 spiro atoms. The molecule has 2 rings (SSSR count). The Bertz CT molecular complexity index is 528. The lowest BCUT2D eigenvalue weighted by atomic mass is 10.0. The van der Waals surface area contributed by atoms with Gasteiger partial charge in [0, 0.05) is 33.2 Å². The number of benzene rings is 1. The molecule has 0 radical (unpaired) electrons. The quantitative estimate of drug-likeness (QED) is 0.811. The number of halogens is 3. The van der Waals surface area contributed by atoms with Gasteiger partial charge in [0.2, 0.25) is 0 Å². The molecular weight excluding hydrogens is 333 g/mol. The summed E-state index contributed by atoms with van der Waals surface area (Å²) in [5.74, 6) is 0. The molecule has 21 heavy (non-hydrogen) atoms. The summed E-state index contributed by atoms with van der Waals surface area (Å²) in [4.78, 5) is 15.3. The van der Waals surface area contributed by atoms with Crippen molar-refractivity contribution in [3.63, 3.8) is 0 Å². The second kappa shape index (κ2) is 6.95. The fourth-order valence-electron chi connectivity index (χ4n) is 2.35. The number of amides is 2. The SMILES string of the molecule is CN(C)C(=O)N1CCC(Nc2cc(Cl)c(Cl)cc2Cl)CC1. The molecular formula is C14H18Cl3N3O. The Morgan fingerprint density at radius 2 is 1.71 bits per heavy atom. The molecule has 1 aliphatic rings. The van der Waals surface area contributed by atoms with Crippen LogP contribution in [-0.2, 0) is 0 Å². The maximum Gasteiger partial charge on any atom is 0.319 e. The first-order chi connectivity index (χ1) is 9.88. The molecule has 0 atom stereocenters. The minimum atomic E-state index is 0.0565. The van der Waals surface area contributed by atoms with Gasteiger partial charge in [0.05, 0.1) is 20.8 Å². The molecule has 0 unspecified atom stereocenters. The summed E-state index contributed by atoms with van der Waals surface area (Å²) in [6.07, 6.45) is 1.74. The number of hydrogen-bond acceptors (Lipinski definition) is 2. The van der Waals surface area contributed by atoms with Gasteiger partial charge in [-0.25, -0.2) is 4.79 Å². The van der Waals surface area contributed by atoms with Crippen LogP contribution < -0.4 is 5.32 Å². The molecule has 1 aliphatic heterocycles. The lowest BCUT2D eigenvalue weighted by molar-refractivity contribution is 0.158. The molecule has 0 bridgehead atoms. The van der Waals surface area contributed by atoms with E-state index >= 15 is 0 Å². The number of carbonyl (C=O) groups is 1. The highest BCUT2D eigenvalue weighted by molar-refractivity contribution is 6.44. The largest absolute Gasteiger partial charge is 0.381 e. The van der Waals surface area contributed by atoms with Gasteiger partial charge in [-0.2, -0.15) is 0 Å². The molecule has 0 saturated carbocycles. The third-order valence-corrected chi connectivity index (χ3v) is 4.55. The molecule has 1 N–H and O–H groups in total. The number of carbonyl (C=O) groups excluding carboxylic acids is 1. The lowest BCUT2D eigenvalue weighted by Gasteiger charge is -2.34. The van der Waals surface area contributed by atoms with E-state index in [1.807, 2.05) is 4.90 Å². The molecule has 0 aromatic heterocycles. The average Bonchev–Trinajstić information content (AvgIpc) is 2.44. The van der Waals surface area contributed by atoms with Gasteiger partial charge in [-0.15, -0.1) is 0 Å². The number of urea groups is 1. The molecule has 1 aromatic carbocycles. The Hall–Kier alpha value is -0.840. The summed E-state index contributed by atoms with van der Waals surface area (Å²) in [7, 11) is 3.53. The van der Waals surface area contributed by atoms with Gasteiger partial charge in [0.15, 0.2) is 0 Å². The van der Waals surface area contributed by atoms with Gasteiger partial charge in [0.25, 0.3) is 0 Å². The Morgan fingerprint density at radius 3 is 2.29 bits per heavy atom. The third kappa shape index (κ3) is 4.09. The minimum absolute atomic E-state index is 0.0565. The Labute approximate surface area is 139 Å². The van der Waals surface area contributed by atoms with Gasteiger partial charge in [-0.1, -0.05) is 34.8 Å². The van der Waals surface area contributed by atoms with Crippen LogP contribution in [0.25, 0.3) is 0 Å². The van der Waals surface area contributed by atoms with E-state index in [1.54, 1.807) is 31.1 Å². The summed E-state index contributed by atoms with van der Waals surface area (Å²) in [6, 6.07) is 3.70. The summed E-state index contributed by atoms with van der Waals surface area (Å²) in [5, 5.41) is 4.85. The van der Waals surface area contributed by atoms with E-state index in [1.165, 1.54) is 0 Å². The van der Waals surface area contributed by atoms with E-state index in [-0.39, 0.29) is 12.1 Å². The number of likely N-dealkylation sites (tertiary alicyclic amines) is 1. The van der Waals surface area contributed by atoms with Crippen molar-refractivity contribution in [2.24, 2.45) is 0 Å². The average molecular weight is 351 g/mol. The summed E-state index contributed by atoms with van der Waals surface area (Å²) >= 11 is 18.1. The number of nitrogens with zero attached hydrogens (tertiary/aromatic N) is 2. The van der Waals surface area contributed by atoms with Crippen molar-refractivity contribution in [2.45, 2.75) is 18.9 Å². The van der Waals surface area contributed by atoms with Gasteiger partial charge < -0.3 is 15.1 Å². The summed E-state index contributed by atoms with van der Waals surface area (Å²) < 4.78 is 0. The van der Waals surface area contributed by atoms with Gasteiger partial charge in [-0.05, 0) is 25.0 Å². The molecule has 7 heteroatoms. The van der Waals surface area contributed by atoms with E-state index < -0.39 is 0 Å². The Morgan fingerprint density at radius 1 is 1.14 bits per heavy atom. The predicted molar refractivity (Wildman–Crippen MR) is 88.8 cm³/mol. The van der Waals surface area contributed by atoms with Crippen molar-refractivity contribution >= 4 is 46.5 Å². The zero-order valence-corrected chi connectivity index (χ0v) is 14.3. The van der Waals surface area contributed by atoms with Crippen molar-refractivity contribution in [2.75, 3.05) is 32.5 Å². The van der Waals surface area contributed by atoms with Crippen LogP contribution in [-0.4, -0.2) is 49.1 Å². The first-order valence-electron chi connectivity index (χ1n) is 6.76. The smallest absolute Gasteiger partial charge is 0.319 e. The molecule has 116 valence electrons. The van der Waals surface area contributed by atoms with Gasteiger partial charge in [0.1, 0.15) is 0 Å². The molecule has 1 saturated heterocycles. The van der Waals surface area contributed by atoms with Crippen LogP contribution in [0.1, 0.15) is 12.8 Å². The van der Waals surface area contributed by atoms with Crippen LogP contribution in [0.4, 0.5) is 10.5 Å². The summed E-state index contributed by atoms with van der Waals surface area (Å²) in [5.41, 5.74) is 0.781. The van der Waals surface area contributed by atoms with Crippen molar-refractivity contribution in [3.8, 4) is 0 Å². The van der Waals surface area contributed by atoms with Crippen molar-refractivity contribution in [1.29, 1.82) is 0 Å². The maximum atomic E-state index is 11.9. The first-order valence-corrected chi connectivity index (χ1v) is 7.89. The van der Waals surface area contributed by atoms with E-state index in [9.17, 15) is 4.79 Å². The van der Waals surface area contributed by atoms with Crippen LogP contribution in [0, 0.1) is 0 Å². The van der Waals surface area contributed by atoms with Crippen molar-refractivity contribution in [3.05, 3.63) is 27.2 Å². The van der Waals surface area contributed by atoms with E-state index in [2.05, 4.69) is 5.32 Å². The number of piperidine rings is 1. The number of hydrogen-bond donors (Lipinski definition) is 1. The minimum Gasteiger partial charge on any atom is -0.381 e. The molecule has 4 nitrogen and oxygen atoms in total. The molecule has 2 amide bonds. The number of nitrogens with one attached hydrogen (secondary N) is 1. The predicted octanol–water partition coefficient (Wildman–Crippen LogP) is 4.20. The van der Waals surface area contributed by atoms with Gasteiger partial charge in [-0.3, -0.25) is 0 Å². The fourth-order valence-corrected chi connectivity index (χ4v) is 2.95. The highest BCUT2D eigenvalue weighted by Gasteiger charge is 2.24. The van der Waals surface area contributed by atoms with Crippen LogP contribution in [0.5, 0.6) is 0 Å². The van der Waals surface area contributed by atoms with Crippen molar-refractivity contribution in [1.82, 2.24) is 9.80 Å². The Balaban J connectivity index is 1.95. The van der Waals surface area contributed by atoms with Crippen LogP contribution in [0.3, 0.4) is 0 Å². The molecule has 1 aromatic rings. The maximum absolute atomic E-state index is 11.9. The molecule has 1 heterocycles. The Kier molecular flexibility index (Phi) is 5.47. The molecule has 1 fully saturated rings. The standard InChI is InChI=1S/C14H18Cl3N3O/c1-19(2)14(21)20-5-3-9(4-6-20)18-13-8-11(16)10(15)7-12(13)17/h7-9,18H,3-6H2,1-2H3. The number of anilines is 1. The normalized spacial score (nSPS) is 16.0. The third-order valence-electron chi connectivity index (χ3n) is 3.52. The van der Waals surface area contributed by atoms with Crippen LogP contribution in [0.15, 0.2) is 12.1 Å². The highest BCUT2D eigenvalue weighted by Crippen LogP contribution is 2.33. The second-order valence-electron chi connectivity index (χ2n) is 5.33. The van der Waals surface area contributed by atoms with Crippen LogP contribution >= 0.6 is 34.8 Å². The molecule has 0 aliphatic carbocycles. The highest BCUT2D eigenvalue weighted by atomic mass is 35.5. The second-order valence-corrected chi connectivity index (χ2v) is 6.55. The first kappa shape index (κ1) is 16.5. The topological polar surface area (TPSA) is 35.6 Å². The monoisotopic (exact) mass is 349 g/mol. The lowest BCUT2D eigenvalue weighted by Crippen LogP contribution is -2.46. The summed E-state index contributed by atoms with van der Waals surface area (Å²) in [6.45, 7) is 1.46. The van der Waals surface area contributed by atoms with E-state index in [0.29, 0.717) is 15.1 Å². The zero-order valence-electron chi connectivity index (χ0n) is 12.0. The van der Waals surface area contributed by atoms with Crippen LogP contribution in [0.2, 0.25) is 15.1 Å². The van der Waals surface area contributed by atoms with E-state index in [0.717, 1.165) is 31.6 Å². The fraction of sp³-hybridized carbons (Fsp3) is 0.500. The van der Waals surface area contributed by atoms with E-state index in [4.69, 9.17) is 34.8 Å². The number of rotatable bonds is 2. The van der Waals surface area contributed by atoms with Crippen molar-refractivity contribution < 1.29 is 4.79 Å². The van der Waals surface area contributed by atoms with Gasteiger partial charge >= 0.3 is 6.03 Å².